The van der Waals surface area contributed by atoms with Crippen molar-refractivity contribution < 1.29 is 28.6 Å². The minimum Gasteiger partial charge on any atom is -0.462 e. The van der Waals surface area contributed by atoms with Crippen molar-refractivity contribution in [1.82, 2.24) is 0 Å². The molecule has 0 aromatic heterocycles. The summed E-state index contributed by atoms with van der Waals surface area (Å²) in [5.74, 6) is -0.995. The highest BCUT2D eigenvalue weighted by Crippen LogP contribution is 2.16. The number of hydrogen-bond donors (Lipinski definition) is 0. The molecule has 0 saturated carbocycles. The summed E-state index contributed by atoms with van der Waals surface area (Å²) in [4.78, 5) is 38.3. The molecule has 0 aliphatic heterocycles. The largest absolute Gasteiger partial charge is 0.462 e. The van der Waals surface area contributed by atoms with E-state index in [1.165, 1.54) is 141 Å². The van der Waals surface area contributed by atoms with Gasteiger partial charge in [-0.3, -0.25) is 14.4 Å². The molecule has 77 heavy (non-hydrogen) atoms. The van der Waals surface area contributed by atoms with E-state index in [1.807, 2.05) is 6.08 Å². The molecular formula is C71H118O6. The molecule has 6 nitrogen and oxygen atoms in total. The van der Waals surface area contributed by atoms with Gasteiger partial charge in [-0.15, -0.1) is 0 Å². The van der Waals surface area contributed by atoms with Crippen LogP contribution in [0.5, 0.6) is 0 Å². The summed E-state index contributed by atoms with van der Waals surface area (Å²) < 4.78 is 16.8. The highest BCUT2D eigenvalue weighted by molar-refractivity contribution is 5.71. The molecule has 1 unspecified atom stereocenters. The zero-order chi connectivity index (χ0) is 55.7. The van der Waals surface area contributed by atoms with Crippen molar-refractivity contribution in [3.8, 4) is 0 Å². The van der Waals surface area contributed by atoms with E-state index in [1.54, 1.807) is 0 Å². The molecule has 0 spiro atoms. The number of carbonyl (C=O) groups is 3. The highest BCUT2D eigenvalue weighted by Gasteiger charge is 2.19. The Hall–Kier alpha value is -4.19. The molecule has 0 fully saturated rings. The Bertz CT molecular complexity index is 1600. The predicted octanol–water partition coefficient (Wildman–Crippen LogP) is 22.0. The van der Waals surface area contributed by atoms with Gasteiger partial charge in [-0.1, -0.05) is 277 Å². The molecule has 0 rings (SSSR count). The third-order valence-electron chi connectivity index (χ3n) is 13.4. The summed E-state index contributed by atoms with van der Waals surface area (Å²) in [6, 6.07) is 0. The van der Waals surface area contributed by atoms with Gasteiger partial charge in [0, 0.05) is 19.3 Å². The van der Waals surface area contributed by atoms with Crippen LogP contribution in [0.3, 0.4) is 0 Å². The van der Waals surface area contributed by atoms with Gasteiger partial charge >= 0.3 is 17.9 Å². The zero-order valence-electron chi connectivity index (χ0n) is 50.2. The van der Waals surface area contributed by atoms with Crippen LogP contribution < -0.4 is 0 Å². The first kappa shape index (κ1) is 72.8. The first-order valence-electron chi connectivity index (χ1n) is 32.0. The number of ether oxygens (including phenoxy) is 3. The number of allylic oxidation sites excluding steroid dienone is 20. The lowest BCUT2D eigenvalue weighted by molar-refractivity contribution is -0.166. The van der Waals surface area contributed by atoms with E-state index in [0.717, 1.165) is 103 Å². The molecule has 0 bridgehead atoms. The summed E-state index contributed by atoms with van der Waals surface area (Å²) in [6.07, 6.45) is 89.4. The van der Waals surface area contributed by atoms with Crippen LogP contribution in [-0.4, -0.2) is 37.2 Å². The summed E-state index contributed by atoms with van der Waals surface area (Å²) in [7, 11) is 0. The molecule has 438 valence electrons. The second-order valence-corrected chi connectivity index (χ2v) is 20.9. The smallest absolute Gasteiger partial charge is 0.306 e. The van der Waals surface area contributed by atoms with Gasteiger partial charge in [0.2, 0.25) is 0 Å². The van der Waals surface area contributed by atoms with Crippen molar-refractivity contribution >= 4 is 17.9 Å². The number of hydrogen-bond acceptors (Lipinski definition) is 6. The first-order valence-corrected chi connectivity index (χ1v) is 32.0. The molecule has 0 aliphatic rings. The molecule has 1 atom stereocenters. The van der Waals surface area contributed by atoms with Crippen molar-refractivity contribution in [3.63, 3.8) is 0 Å². The third-order valence-corrected chi connectivity index (χ3v) is 13.4. The Kier molecular flexibility index (Phi) is 60.8. The third kappa shape index (κ3) is 62.5. The average Bonchev–Trinajstić information content (AvgIpc) is 3.43. The average molecular weight is 1070 g/mol. The SMILES string of the molecule is CC/C=C\C/C=C\C/C=C\C/C=C\CCCCCCCCCCC(=O)OC(COC(=O)CC/C=C\C/C=C\C/C=C\C/C=C\CC)COC(=O)CCCCCCCCCCCCCCC/C=C\C/C=C\CCCCCCC. The van der Waals surface area contributed by atoms with E-state index in [2.05, 4.69) is 136 Å². The lowest BCUT2D eigenvalue weighted by Crippen LogP contribution is -2.30. The maximum Gasteiger partial charge on any atom is 0.306 e. The molecule has 0 amide bonds. The zero-order valence-corrected chi connectivity index (χ0v) is 50.2. The molecule has 0 heterocycles. The van der Waals surface area contributed by atoms with Gasteiger partial charge in [-0.05, 0) is 116 Å². The minimum atomic E-state index is -0.816. The van der Waals surface area contributed by atoms with Crippen LogP contribution in [0.25, 0.3) is 0 Å². The van der Waals surface area contributed by atoms with Gasteiger partial charge in [0.05, 0.1) is 0 Å². The van der Waals surface area contributed by atoms with Crippen LogP contribution in [0.15, 0.2) is 122 Å². The summed E-state index contributed by atoms with van der Waals surface area (Å²) >= 11 is 0. The Balaban J connectivity index is 4.37. The van der Waals surface area contributed by atoms with Crippen LogP contribution in [0.2, 0.25) is 0 Å². The van der Waals surface area contributed by atoms with Crippen molar-refractivity contribution in [1.29, 1.82) is 0 Å². The van der Waals surface area contributed by atoms with Crippen LogP contribution in [0.4, 0.5) is 0 Å². The fourth-order valence-electron chi connectivity index (χ4n) is 8.71. The van der Waals surface area contributed by atoms with Gasteiger partial charge in [0.15, 0.2) is 6.10 Å². The molecular weight excluding hydrogens is 949 g/mol. The Labute approximate surface area is 475 Å². The predicted molar refractivity (Wildman–Crippen MR) is 334 cm³/mol. The van der Waals surface area contributed by atoms with Gasteiger partial charge in [-0.25, -0.2) is 0 Å². The normalized spacial score (nSPS) is 12.9. The Morgan fingerprint density at radius 2 is 0.532 bits per heavy atom. The second kappa shape index (κ2) is 64.3. The highest BCUT2D eigenvalue weighted by atomic mass is 16.6. The quantitative estimate of drug-likeness (QED) is 0.0261. The summed E-state index contributed by atoms with van der Waals surface area (Å²) in [6.45, 7) is 6.35. The second-order valence-electron chi connectivity index (χ2n) is 20.9. The molecule has 0 saturated heterocycles. The van der Waals surface area contributed by atoms with Crippen molar-refractivity contribution in [2.45, 2.75) is 297 Å². The molecule has 0 radical (unpaired) electrons. The van der Waals surface area contributed by atoms with Crippen molar-refractivity contribution in [3.05, 3.63) is 122 Å². The number of esters is 3. The maximum atomic E-state index is 12.9. The molecule has 0 aromatic carbocycles. The van der Waals surface area contributed by atoms with Gasteiger partial charge < -0.3 is 14.2 Å². The van der Waals surface area contributed by atoms with Crippen LogP contribution in [-0.2, 0) is 28.6 Å². The first-order chi connectivity index (χ1) is 38.0. The number of carbonyl (C=O) groups excluding carboxylic acids is 3. The summed E-state index contributed by atoms with van der Waals surface area (Å²) in [5.41, 5.74) is 0. The van der Waals surface area contributed by atoms with Gasteiger partial charge in [0.1, 0.15) is 13.2 Å². The van der Waals surface area contributed by atoms with E-state index in [-0.39, 0.29) is 37.5 Å². The molecule has 0 N–H and O–H groups in total. The fraction of sp³-hybridized carbons (Fsp3) is 0.676. The van der Waals surface area contributed by atoms with Crippen molar-refractivity contribution in [2.24, 2.45) is 0 Å². The van der Waals surface area contributed by atoms with Crippen LogP contribution in [0.1, 0.15) is 290 Å². The lowest BCUT2D eigenvalue weighted by Gasteiger charge is -2.18. The standard InChI is InChI=1S/C71H118O6/c1-4-7-10-13-16-19-22-25-27-29-31-33-34-35-36-38-39-41-43-46-49-52-55-58-61-64-70(73)76-67-68(66-75-69(72)63-60-57-54-51-48-45-24-21-18-15-12-9-6-3)77-71(74)65-62-59-56-53-50-47-44-42-40-37-32-30-28-26-23-20-17-14-11-8-5-2/h8-9,11-12,17-18,20-22,25-26,28-29,31-32,37,45,48,54,57,68H,4-7,10,13-16,19,23-24,27,30,33-36,38-44,46-47,49-53,55-56,58-67H2,1-3H3/b11-8-,12-9-,20-17-,21-18-,25-22-,28-26-,31-29-,37-32-,48-45-,57-54-. The lowest BCUT2D eigenvalue weighted by atomic mass is 10.0. The fourth-order valence-corrected chi connectivity index (χ4v) is 8.71. The topological polar surface area (TPSA) is 78.9 Å². The summed E-state index contributed by atoms with van der Waals surface area (Å²) in [5, 5.41) is 0. The van der Waals surface area contributed by atoms with E-state index in [4.69, 9.17) is 14.2 Å². The Morgan fingerprint density at radius 3 is 0.870 bits per heavy atom. The van der Waals surface area contributed by atoms with Crippen LogP contribution in [0, 0.1) is 0 Å². The van der Waals surface area contributed by atoms with Crippen molar-refractivity contribution in [2.75, 3.05) is 13.2 Å². The molecule has 0 aromatic rings. The maximum absolute atomic E-state index is 12.9. The molecule has 6 heteroatoms. The van der Waals surface area contributed by atoms with Gasteiger partial charge in [0.25, 0.3) is 0 Å². The van der Waals surface area contributed by atoms with Gasteiger partial charge in [-0.2, -0.15) is 0 Å². The minimum absolute atomic E-state index is 0.105. The number of unbranched alkanes of at least 4 members (excludes halogenated alkanes) is 26. The van der Waals surface area contributed by atoms with E-state index in [0.29, 0.717) is 19.3 Å². The van der Waals surface area contributed by atoms with E-state index < -0.39 is 6.10 Å². The number of rotatable bonds is 57. The Morgan fingerprint density at radius 1 is 0.273 bits per heavy atom. The monoisotopic (exact) mass is 1070 g/mol. The molecule has 0 aliphatic carbocycles. The van der Waals surface area contributed by atoms with Crippen LogP contribution >= 0.6 is 0 Å². The van der Waals surface area contributed by atoms with E-state index in [9.17, 15) is 14.4 Å². The van der Waals surface area contributed by atoms with E-state index >= 15 is 0 Å².